The fourth-order valence-corrected chi connectivity index (χ4v) is 3.32. The molecule has 0 saturated carbocycles. The second-order valence-electron chi connectivity index (χ2n) is 6.03. The van der Waals surface area contributed by atoms with Crippen LogP contribution in [0.4, 0.5) is 0 Å². The molecule has 1 unspecified atom stereocenters. The van der Waals surface area contributed by atoms with E-state index in [-0.39, 0.29) is 11.8 Å². The first kappa shape index (κ1) is 13.9. The molecule has 0 radical (unpaired) electrons. The highest BCUT2D eigenvalue weighted by molar-refractivity contribution is 5.98. The standard InChI is InChI=1S/C16H18N6O/c1-21-15(18-19-20-21)13-3-2-8-22(10-13)16(23)12-5-4-11-6-7-17-14(11)9-12/h4-7,9,13,17H,2-3,8,10H2,1H3. The molecule has 0 aliphatic carbocycles. The van der Waals surface area contributed by atoms with Crippen molar-refractivity contribution in [2.75, 3.05) is 13.1 Å². The van der Waals surface area contributed by atoms with Crippen LogP contribution in [0.2, 0.25) is 0 Å². The molecular weight excluding hydrogens is 292 g/mol. The number of amides is 1. The molecule has 2 aromatic heterocycles. The smallest absolute Gasteiger partial charge is 0.253 e. The van der Waals surface area contributed by atoms with Gasteiger partial charge in [0.05, 0.1) is 0 Å². The Bertz CT molecular complexity index is 851. The van der Waals surface area contributed by atoms with Crippen LogP contribution in [-0.2, 0) is 7.05 Å². The van der Waals surface area contributed by atoms with Gasteiger partial charge >= 0.3 is 0 Å². The number of benzene rings is 1. The van der Waals surface area contributed by atoms with Gasteiger partial charge in [-0.1, -0.05) is 6.07 Å². The largest absolute Gasteiger partial charge is 0.361 e. The van der Waals surface area contributed by atoms with E-state index in [0.29, 0.717) is 6.54 Å². The first-order chi connectivity index (χ1) is 11.2. The van der Waals surface area contributed by atoms with Crippen molar-refractivity contribution >= 4 is 16.8 Å². The normalized spacial score (nSPS) is 18.5. The summed E-state index contributed by atoms with van der Waals surface area (Å²) in [5.74, 6) is 1.12. The molecule has 1 amide bonds. The van der Waals surface area contributed by atoms with Crippen molar-refractivity contribution < 1.29 is 4.79 Å². The Labute approximate surface area is 133 Å². The number of aromatic amines is 1. The number of aryl methyl sites for hydroxylation is 1. The number of piperidine rings is 1. The van der Waals surface area contributed by atoms with Crippen molar-refractivity contribution in [1.82, 2.24) is 30.1 Å². The molecule has 1 N–H and O–H groups in total. The lowest BCUT2D eigenvalue weighted by Crippen LogP contribution is -2.39. The van der Waals surface area contributed by atoms with E-state index in [4.69, 9.17) is 0 Å². The monoisotopic (exact) mass is 310 g/mol. The zero-order valence-corrected chi connectivity index (χ0v) is 12.9. The molecule has 1 aliphatic rings. The molecule has 7 heteroatoms. The minimum Gasteiger partial charge on any atom is -0.361 e. The van der Waals surface area contributed by atoms with Gasteiger partial charge in [0.25, 0.3) is 5.91 Å². The van der Waals surface area contributed by atoms with Crippen LogP contribution in [0.5, 0.6) is 0 Å². The SMILES string of the molecule is Cn1nnnc1C1CCCN(C(=O)c2ccc3cc[nH]c3c2)C1. The number of rotatable bonds is 2. The van der Waals surface area contributed by atoms with E-state index >= 15 is 0 Å². The van der Waals surface area contributed by atoms with E-state index in [9.17, 15) is 4.79 Å². The maximum atomic E-state index is 12.8. The zero-order chi connectivity index (χ0) is 15.8. The molecule has 7 nitrogen and oxygen atoms in total. The van der Waals surface area contributed by atoms with Crippen LogP contribution in [0.3, 0.4) is 0 Å². The van der Waals surface area contributed by atoms with Crippen LogP contribution in [-0.4, -0.2) is 49.1 Å². The Morgan fingerprint density at radius 2 is 2.26 bits per heavy atom. The van der Waals surface area contributed by atoms with Gasteiger partial charge in [0.15, 0.2) is 5.82 Å². The van der Waals surface area contributed by atoms with Crippen LogP contribution in [0.1, 0.15) is 34.9 Å². The third kappa shape index (κ3) is 2.48. The van der Waals surface area contributed by atoms with Crippen molar-refractivity contribution in [2.24, 2.45) is 7.05 Å². The molecule has 1 fully saturated rings. The number of carbonyl (C=O) groups is 1. The van der Waals surface area contributed by atoms with Crippen LogP contribution < -0.4 is 0 Å². The van der Waals surface area contributed by atoms with Gasteiger partial charge in [-0.2, -0.15) is 0 Å². The first-order valence-electron chi connectivity index (χ1n) is 7.81. The highest BCUT2D eigenvalue weighted by atomic mass is 16.2. The molecule has 23 heavy (non-hydrogen) atoms. The lowest BCUT2D eigenvalue weighted by atomic mass is 9.96. The molecular formula is C16H18N6O. The minimum atomic E-state index is 0.0707. The van der Waals surface area contributed by atoms with Gasteiger partial charge in [0.2, 0.25) is 0 Å². The van der Waals surface area contributed by atoms with E-state index < -0.39 is 0 Å². The van der Waals surface area contributed by atoms with Gasteiger partial charge in [-0.25, -0.2) is 4.68 Å². The highest BCUT2D eigenvalue weighted by Gasteiger charge is 2.28. The minimum absolute atomic E-state index is 0.0707. The molecule has 1 saturated heterocycles. The number of hydrogen-bond donors (Lipinski definition) is 1. The summed E-state index contributed by atoms with van der Waals surface area (Å²) in [5, 5.41) is 12.8. The van der Waals surface area contributed by atoms with E-state index in [2.05, 4.69) is 20.5 Å². The number of nitrogens with zero attached hydrogens (tertiary/aromatic N) is 5. The predicted octanol–water partition coefficient (Wildman–Crippen LogP) is 1.71. The average Bonchev–Trinajstić information content (AvgIpc) is 3.22. The summed E-state index contributed by atoms with van der Waals surface area (Å²) in [5.41, 5.74) is 1.71. The number of aromatic nitrogens is 5. The Morgan fingerprint density at radius 1 is 1.35 bits per heavy atom. The highest BCUT2D eigenvalue weighted by Crippen LogP contribution is 2.26. The fraction of sp³-hybridized carbons (Fsp3) is 0.375. The molecule has 0 bridgehead atoms. The van der Waals surface area contributed by atoms with Gasteiger partial charge in [-0.15, -0.1) is 5.10 Å². The molecule has 1 atom stereocenters. The van der Waals surface area contributed by atoms with Gasteiger partial charge in [-0.05, 0) is 46.9 Å². The fourth-order valence-electron chi connectivity index (χ4n) is 3.32. The van der Waals surface area contributed by atoms with Gasteiger partial charge < -0.3 is 9.88 Å². The summed E-state index contributed by atoms with van der Waals surface area (Å²) in [7, 11) is 1.84. The number of tetrazole rings is 1. The number of nitrogens with one attached hydrogen (secondary N) is 1. The van der Waals surface area contributed by atoms with Crippen molar-refractivity contribution in [3.63, 3.8) is 0 Å². The molecule has 3 aromatic rings. The Balaban J connectivity index is 1.56. The third-order valence-electron chi connectivity index (χ3n) is 4.53. The van der Waals surface area contributed by atoms with Gasteiger partial charge in [-0.3, -0.25) is 4.79 Å². The summed E-state index contributed by atoms with van der Waals surface area (Å²) < 4.78 is 1.70. The van der Waals surface area contributed by atoms with Crippen LogP contribution in [0.25, 0.3) is 10.9 Å². The van der Waals surface area contributed by atoms with E-state index in [1.165, 1.54) is 0 Å². The number of fused-ring (bicyclic) bond motifs is 1. The van der Waals surface area contributed by atoms with Crippen molar-refractivity contribution in [3.05, 3.63) is 41.9 Å². The quantitative estimate of drug-likeness (QED) is 0.781. The molecule has 4 rings (SSSR count). The second-order valence-corrected chi connectivity index (χ2v) is 6.03. The molecule has 118 valence electrons. The third-order valence-corrected chi connectivity index (χ3v) is 4.53. The van der Waals surface area contributed by atoms with Crippen LogP contribution >= 0.6 is 0 Å². The van der Waals surface area contributed by atoms with Crippen LogP contribution in [0, 0.1) is 0 Å². The lowest BCUT2D eigenvalue weighted by molar-refractivity contribution is 0.0703. The topological polar surface area (TPSA) is 79.7 Å². The number of hydrogen-bond acceptors (Lipinski definition) is 4. The van der Waals surface area contributed by atoms with Crippen molar-refractivity contribution in [2.45, 2.75) is 18.8 Å². The molecule has 3 heterocycles. The van der Waals surface area contributed by atoms with E-state index in [0.717, 1.165) is 41.7 Å². The summed E-state index contributed by atoms with van der Waals surface area (Å²) in [6.07, 6.45) is 3.86. The Hall–Kier alpha value is -2.70. The lowest BCUT2D eigenvalue weighted by Gasteiger charge is -2.32. The number of carbonyl (C=O) groups excluding carboxylic acids is 1. The summed E-state index contributed by atoms with van der Waals surface area (Å²) in [6.45, 7) is 1.44. The maximum Gasteiger partial charge on any atom is 0.253 e. The zero-order valence-electron chi connectivity index (χ0n) is 12.9. The predicted molar refractivity (Wildman–Crippen MR) is 85.0 cm³/mol. The maximum absolute atomic E-state index is 12.8. The van der Waals surface area contributed by atoms with Crippen molar-refractivity contribution in [3.8, 4) is 0 Å². The molecule has 1 aromatic carbocycles. The number of likely N-dealkylation sites (tertiary alicyclic amines) is 1. The Kier molecular flexibility index (Phi) is 3.33. The number of H-pyrrole nitrogens is 1. The molecule has 1 aliphatic heterocycles. The van der Waals surface area contributed by atoms with E-state index in [1.54, 1.807) is 4.68 Å². The summed E-state index contributed by atoms with van der Waals surface area (Å²) >= 11 is 0. The average molecular weight is 310 g/mol. The Morgan fingerprint density at radius 3 is 3.09 bits per heavy atom. The van der Waals surface area contributed by atoms with Gasteiger partial charge in [0, 0.05) is 43.3 Å². The summed E-state index contributed by atoms with van der Waals surface area (Å²) in [4.78, 5) is 17.9. The van der Waals surface area contributed by atoms with Gasteiger partial charge in [0.1, 0.15) is 0 Å². The summed E-state index contributed by atoms with van der Waals surface area (Å²) in [6, 6.07) is 7.80. The second kappa shape index (κ2) is 5.49. The first-order valence-corrected chi connectivity index (χ1v) is 7.81. The van der Waals surface area contributed by atoms with Crippen LogP contribution in [0.15, 0.2) is 30.5 Å². The van der Waals surface area contributed by atoms with Crippen molar-refractivity contribution in [1.29, 1.82) is 0 Å². The van der Waals surface area contributed by atoms with E-state index in [1.807, 2.05) is 42.4 Å². The molecule has 0 spiro atoms.